The van der Waals surface area contributed by atoms with E-state index in [0.717, 1.165) is 18.4 Å². The summed E-state index contributed by atoms with van der Waals surface area (Å²) in [5, 5.41) is 0.433. The van der Waals surface area contributed by atoms with Crippen molar-refractivity contribution in [3.05, 3.63) is 81.9 Å². The fourth-order valence-electron chi connectivity index (χ4n) is 5.01. The number of halogens is 3. The number of hydrogen-bond donors (Lipinski definition) is 0. The largest absolute Gasteiger partial charge is 0.493 e. The monoisotopic (exact) mass is 637 g/mol. The first-order valence-corrected chi connectivity index (χ1v) is 16.1. The van der Waals surface area contributed by atoms with Crippen LogP contribution in [0.5, 0.6) is 5.75 Å². The molecule has 0 bridgehead atoms. The zero-order chi connectivity index (χ0) is 29.8. The van der Waals surface area contributed by atoms with Gasteiger partial charge in [0.25, 0.3) is 0 Å². The molecule has 1 amide bonds. The van der Waals surface area contributed by atoms with Crippen LogP contribution in [0.4, 0.5) is 4.79 Å². The van der Waals surface area contributed by atoms with Crippen LogP contribution in [0.25, 0.3) is 0 Å². The highest BCUT2D eigenvalue weighted by molar-refractivity contribution is 7.89. The Hall–Kier alpha value is -2.36. The lowest BCUT2D eigenvalue weighted by molar-refractivity contribution is 0.206. The smallest absolute Gasteiger partial charge is 0.322 e. The predicted molar refractivity (Wildman–Crippen MR) is 166 cm³/mol. The van der Waals surface area contributed by atoms with Gasteiger partial charge >= 0.3 is 5.37 Å². The molecule has 11 heteroatoms. The number of rotatable bonds is 9. The topological polar surface area (TPSA) is 79.3 Å². The maximum absolute atomic E-state index is 13.6. The van der Waals surface area contributed by atoms with Crippen molar-refractivity contribution in [1.82, 2.24) is 9.21 Å². The van der Waals surface area contributed by atoms with Gasteiger partial charge in [0, 0.05) is 35.6 Å². The lowest BCUT2D eigenvalue weighted by atomic mass is 9.91. The van der Waals surface area contributed by atoms with Crippen molar-refractivity contribution in [3.8, 4) is 5.75 Å². The van der Waals surface area contributed by atoms with Crippen LogP contribution in [-0.4, -0.2) is 55.1 Å². The molecule has 1 fully saturated rings. The number of hydrogen-bond acceptors (Lipinski definition) is 5. The summed E-state index contributed by atoms with van der Waals surface area (Å²) in [5.41, 5.74) is 0.118. The summed E-state index contributed by atoms with van der Waals surface area (Å²) in [7, 11) is -3.77. The van der Waals surface area contributed by atoms with Gasteiger partial charge < -0.3 is 4.74 Å². The maximum atomic E-state index is 13.6. The molecule has 41 heavy (non-hydrogen) atoms. The van der Waals surface area contributed by atoms with Crippen molar-refractivity contribution < 1.29 is 17.9 Å². The fourth-order valence-corrected chi connectivity index (χ4v) is 7.13. The maximum Gasteiger partial charge on any atom is 0.322 e. The third-order valence-corrected chi connectivity index (χ3v) is 9.91. The molecule has 4 rings (SSSR count). The molecule has 2 aliphatic rings. The van der Waals surface area contributed by atoms with Gasteiger partial charge in [0.15, 0.2) is 0 Å². The third kappa shape index (κ3) is 7.17. The van der Waals surface area contributed by atoms with E-state index in [-0.39, 0.29) is 16.6 Å². The van der Waals surface area contributed by atoms with Crippen LogP contribution in [0.3, 0.4) is 0 Å². The quantitative estimate of drug-likeness (QED) is 0.123. The van der Waals surface area contributed by atoms with Gasteiger partial charge in [0.2, 0.25) is 10.0 Å². The van der Waals surface area contributed by atoms with Crippen molar-refractivity contribution in [2.24, 2.45) is 10.9 Å². The first-order chi connectivity index (χ1) is 19.4. The van der Waals surface area contributed by atoms with Crippen molar-refractivity contribution in [2.45, 2.75) is 50.5 Å². The Kier molecular flexibility index (Phi) is 10.2. The highest BCUT2D eigenvalue weighted by Gasteiger charge is 2.38. The first-order valence-electron chi connectivity index (χ1n) is 13.6. The Morgan fingerprint density at radius 2 is 1.80 bits per heavy atom. The number of sulfonamides is 1. The molecular formula is C30H34Cl3N3O4S. The van der Waals surface area contributed by atoms with Crippen LogP contribution in [-0.2, 0) is 15.6 Å². The highest BCUT2D eigenvalue weighted by atomic mass is 35.5. The second kappa shape index (κ2) is 13.3. The summed E-state index contributed by atoms with van der Waals surface area (Å²) in [5.74, 6) is 0.620. The van der Waals surface area contributed by atoms with E-state index in [1.54, 1.807) is 18.2 Å². The van der Waals surface area contributed by atoms with Gasteiger partial charge in [0.05, 0.1) is 22.6 Å². The average molecular weight is 639 g/mol. The number of carbonyl (C=O) groups is 1. The zero-order valence-corrected chi connectivity index (χ0v) is 26.4. The van der Waals surface area contributed by atoms with E-state index in [1.165, 1.54) is 21.3 Å². The minimum atomic E-state index is -3.77. The minimum absolute atomic E-state index is 0.0190. The normalized spacial score (nSPS) is 18.3. The third-order valence-electron chi connectivity index (χ3n) is 7.31. The van der Waals surface area contributed by atoms with Gasteiger partial charge in [0.1, 0.15) is 11.6 Å². The molecule has 0 N–H and O–H groups in total. The Bertz CT molecular complexity index is 1460. The van der Waals surface area contributed by atoms with Crippen molar-refractivity contribution in [1.29, 1.82) is 0 Å². The van der Waals surface area contributed by atoms with E-state index < -0.39 is 20.9 Å². The number of carbonyl (C=O) groups excluding carboxylic acids is 1. The molecule has 220 valence electrons. The molecule has 1 aliphatic heterocycles. The number of amides is 1. The number of nitrogens with zero attached hydrogens (tertiary/aromatic N) is 3. The molecule has 1 heterocycles. The molecule has 1 saturated heterocycles. The summed E-state index contributed by atoms with van der Waals surface area (Å²) in [6, 6.07) is 11.8. The number of amidine groups is 1. The van der Waals surface area contributed by atoms with Crippen LogP contribution in [0, 0.1) is 5.92 Å². The van der Waals surface area contributed by atoms with Gasteiger partial charge in [-0.25, -0.2) is 8.42 Å². The lowest BCUT2D eigenvalue weighted by Crippen LogP contribution is -2.48. The average Bonchev–Trinajstić information content (AvgIpc) is 3.48. The Morgan fingerprint density at radius 1 is 1.12 bits per heavy atom. The summed E-state index contributed by atoms with van der Waals surface area (Å²) in [4.78, 5) is 19.7. The summed E-state index contributed by atoms with van der Waals surface area (Å²) in [6.45, 7) is 7.08. The second-order valence-corrected chi connectivity index (χ2v) is 13.6. The molecule has 0 saturated carbocycles. The molecule has 2 aromatic carbocycles. The Labute approximate surface area is 257 Å². The number of allylic oxidation sites excluding steroid dienone is 3. The van der Waals surface area contributed by atoms with E-state index in [0.29, 0.717) is 54.0 Å². The Morgan fingerprint density at radius 3 is 2.39 bits per heavy atom. The molecule has 2 aromatic rings. The number of aliphatic imine (C=N–C) groups is 1. The molecule has 1 atom stereocenters. The van der Waals surface area contributed by atoms with Crippen LogP contribution in [0.15, 0.2) is 75.6 Å². The van der Waals surface area contributed by atoms with E-state index in [9.17, 15) is 13.2 Å². The number of ether oxygens (including phenoxy) is 1. The van der Waals surface area contributed by atoms with Crippen LogP contribution < -0.4 is 4.74 Å². The van der Waals surface area contributed by atoms with Crippen LogP contribution in [0.2, 0.25) is 5.02 Å². The predicted octanol–water partition coefficient (Wildman–Crippen LogP) is 7.56. The van der Waals surface area contributed by atoms with Gasteiger partial charge in [-0.1, -0.05) is 47.5 Å². The molecule has 1 aliphatic carbocycles. The second-order valence-electron chi connectivity index (χ2n) is 10.5. The molecule has 0 radical (unpaired) electrons. The van der Waals surface area contributed by atoms with Gasteiger partial charge in [-0.15, -0.1) is 0 Å². The SMILES string of the molecule is CCOc1ccc(S(=O)(=O)N2CCCC2)cc1/C(=N/C[C@@H]1C=CC(Cl)=CC1)N(C(=O)Cl)C(C)(C)c1ccc(Cl)cc1. The van der Waals surface area contributed by atoms with Gasteiger partial charge in [-0.3, -0.25) is 14.7 Å². The van der Waals surface area contributed by atoms with Gasteiger partial charge in [-0.05, 0) is 93.6 Å². The lowest BCUT2D eigenvalue weighted by Gasteiger charge is -2.38. The van der Waals surface area contributed by atoms with Crippen molar-refractivity contribution >= 4 is 56.0 Å². The van der Waals surface area contributed by atoms with Gasteiger partial charge in [-0.2, -0.15) is 4.31 Å². The van der Waals surface area contributed by atoms with Crippen molar-refractivity contribution in [2.75, 3.05) is 26.2 Å². The van der Waals surface area contributed by atoms with E-state index in [4.69, 9.17) is 44.5 Å². The highest BCUT2D eigenvalue weighted by Crippen LogP contribution is 2.36. The van der Waals surface area contributed by atoms with Crippen LogP contribution in [0.1, 0.15) is 51.2 Å². The molecule has 0 spiro atoms. The van der Waals surface area contributed by atoms with E-state index in [1.807, 2.05) is 51.1 Å². The Balaban J connectivity index is 1.90. The molecule has 7 nitrogen and oxygen atoms in total. The van der Waals surface area contributed by atoms with E-state index >= 15 is 0 Å². The molecular weight excluding hydrogens is 605 g/mol. The van der Waals surface area contributed by atoms with Crippen molar-refractivity contribution in [3.63, 3.8) is 0 Å². The minimum Gasteiger partial charge on any atom is -0.493 e. The zero-order valence-electron chi connectivity index (χ0n) is 23.3. The summed E-state index contributed by atoms with van der Waals surface area (Å²) < 4.78 is 34.6. The standard InChI is InChI=1S/C30H34Cl3N3O4S/c1-4-40-27-16-15-25(41(38,39)35-17-5-6-18-35)19-26(27)28(34-20-21-7-11-23(31)12-8-21)36(29(33)37)30(2,3)22-9-13-24(32)14-10-22/h7,9-16,19,21H,4-6,8,17-18,20H2,1-3H3/b34-28-/t21-/m1/s1. The number of benzene rings is 2. The fraction of sp³-hybridized carbons (Fsp3) is 0.400. The van der Waals surface area contributed by atoms with Crippen LogP contribution >= 0.6 is 34.8 Å². The summed E-state index contributed by atoms with van der Waals surface area (Å²) in [6.07, 6.45) is 8.00. The molecule has 0 aromatic heterocycles. The summed E-state index contributed by atoms with van der Waals surface area (Å²) >= 11 is 18.6. The van der Waals surface area contributed by atoms with E-state index in [2.05, 4.69) is 0 Å². The molecule has 0 unspecified atom stereocenters. The first kappa shape index (κ1) is 31.6.